The summed E-state index contributed by atoms with van der Waals surface area (Å²) >= 11 is 0. The van der Waals surface area contributed by atoms with Gasteiger partial charge in [0.05, 0.1) is 49.5 Å². The monoisotopic (exact) mass is 1100 g/mol. The third-order valence-electron chi connectivity index (χ3n) is 20.4. The maximum atomic E-state index is 14.6. The number of hydrogen-bond acceptors (Lipinski definition) is 21. The topological polar surface area (TPSA) is 309 Å². The fourth-order valence-electron chi connectivity index (χ4n) is 16.5. The molecule has 4 aliphatic heterocycles. The van der Waals surface area contributed by atoms with Gasteiger partial charge in [0.2, 0.25) is 0 Å². The predicted octanol–water partition coefficient (Wildman–Crippen LogP) is 1.46. The molecule has 0 aromatic rings. The Morgan fingerprint density at radius 2 is 1.43 bits per heavy atom. The molecule has 0 unspecified atom stereocenters. The highest BCUT2D eigenvalue weighted by Crippen LogP contribution is 2.76. The van der Waals surface area contributed by atoms with Gasteiger partial charge in [0.15, 0.2) is 18.9 Å². The molecule has 4 saturated heterocycles. The van der Waals surface area contributed by atoms with E-state index in [1.54, 1.807) is 6.92 Å². The van der Waals surface area contributed by atoms with Gasteiger partial charge in [0.1, 0.15) is 85.0 Å². The van der Waals surface area contributed by atoms with Crippen LogP contribution in [0.3, 0.4) is 0 Å². The van der Waals surface area contributed by atoms with E-state index in [-0.39, 0.29) is 48.1 Å². The van der Waals surface area contributed by atoms with Crippen LogP contribution < -0.4 is 0 Å². The predicted molar refractivity (Wildman–Crippen MR) is 269 cm³/mol. The molecule has 21 heteroatoms. The second-order valence-corrected chi connectivity index (χ2v) is 25.6. The molecule has 5 aliphatic carbocycles. The number of methoxy groups -OCH3 is 1. The number of esters is 2. The Labute approximate surface area is 451 Å². The number of allylic oxidation sites excluding steroid dienone is 4. The molecule has 9 N–H and O–H groups in total. The summed E-state index contributed by atoms with van der Waals surface area (Å²) in [4.78, 5) is 27.4. The SMILES string of the molecule is CO[C@@H]1[C@@H](O)[C@H](O[C@@H]2[C@@H](O)[C@H](O[C@H]3[C@H](O)[C@@H](O)[C@H](O[C@H]4[C@H](O[C@H]5CC[C@]6(C)[C@@H]7CC[C@]89C(=O)O[C@@](C)(CCC=C(C)C)[C@H]8[C@@H](OC(C)=O)C[C@@]9(C)C7=CC[C@H]6C5(C)C)OC[C@@H](O)[C@@H]4O)C[C@@H]3C)OC[C@H]2O)O[C@H](CO)[C@H]1O. The summed E-state index contributed by atoms with van der Waals surface area (Å²) in [6, 6.07) is 0. The number of carbonyl (C=O) groups excluding carboxylic acids is 2. The van der Waals surface area contributed by atoms with E-state index in [0.29, 0.717) is 32.1 Å². The maximum Gasteiger partial charge on any atom is 0.314 e. The van der Waals surface area contributed by atoms with Gasteiger partial charge in [0, 0.05) is 19.4 Å². The summed E-state index contributed by atoms with van der Waals surface area (Å²) in [5.74, 6) is -1.20. The molecule has 8 fully saturated rings. The van der Waals surface area contributed by atoms with Crippen molar-refractivity contribution in [2.45, 2.75) is 242 Å². The molecule has 4 saturated carbocycles. The van der Waals surface area contributed by atoms with Crippen LogP contribution in [-0.2, 0) is 57.0 Å². The standard InChI is InChI=1S/C56H88O21/c1-25(2)12-11-17-55(9)47-33(71-27(4)58)21-54(8)29-13-14-35-52(5,6)36(16-18-53(35,7)28(29)15-19-56(47,54)51(67)77-55)74-50-46(37(61)30(59)23-70-50)72-32-20-26(3)43(40(64)38(32)62)75-48-41(65)44(31(60)24-69-48)76-49-42(66)45(68-10)39(63)34(22-57)73-49/h12-13,26,28,30-50,57,59-66H,11,14-24H2,1-10H3/t26-,28+,30+,31+,32+,33-,34+,35-,36-,37-,38-,39+,40+,41+,42+,43+,44-,45-,46+,47+,48-,49-,50-,53+,54-,55-,56+/m0/s1. The van der Waals surface area contributed by atoms with E-state index in [1.165, 1.54) is 25.2 Å². The first-order chi connectivity index (χ1) is 36.2. The zero-order valence-electron chi connectivity index (χ0n) is 46.3. The van der Waals surface area contributed by atoms with Crippen LogP contribution in [0.1, 0.15) is 120 Å². The summed E-state index contributed by atoms with van der Waals surface area (Å²) in [5.41, 5.74) is -0.496. The van der Waals surface area contributed by atoms with E-state index in [4.69, 9.17) is 47.4 Å². The second-order valence-electron chi connectivity index (χ2n) is 25.6. The Morgan fingerprint density at radius 3 is 2.10 bits per heavy atom. The van der Waals surface area contributed by atoms with Crippen LogP contribution in [0.5, 0.6) is 0 Å². The van der Waals surface area contributed by atoms with Crippen LogP contribution in [-0.4, -0.2) is 207 Å². The van der Waals surface area contributed by atoms with Crippen molar-refractivity contribution in [3.05, 3.63) is 23.3 Å². The third kappa shape index (κ3) is 10.0. The van der Waals surface area contributed by atoms with E-state index in [2.05, 4.69) is 53.7 Å². The molecule has 0 aromatic carbocycles. The third-order valence-corrected chi connectivity index (χ3v) is 20.4. The number of hydrogen-bond donors (Lipinski definition) is 9. The van der Waals surface area contributed by atoms with Gasteiger partial charge in [-0.05, 0) is 107 Å². The van der Waals surface area contributed by atoms with E-state index in [0.717, 1.165) is 19.3 Å². The number of fused-ring (bicyclic) bond motifs is 4. The average molecular weight is 1100 g/mol. The fourth-order valence-corrected chi connectivity index (χ4v) is 16.5. The van der Waals surface area contributed by atoms with Crippen molar-refractivity contribution in [2.24, 2.45) is 45.3 Å². The number of aliphatic hydroxyl groups is 9. The van der Waals surface area contributed by atoms with Crippen molar-refractivity contribution in [1.82, 2.24) is 0 Å². The van der Waals surface area contributed by atoms with Gasteiger partial charge in [-0.2, -0.15) is 0 Å². The van der Waals surface area contributed by atoms with Crippen molar-refractivity contribution in [3.63, 3.8) is 0 Å². The molecule has 9 rings (SSSR count). The number of cyclic esters (lactones) is 1. The molecule has 0 aromatic heterocycles. The summed E-state index contributed by atoms with van der Waals surface area (Å²) in [6.45, 7) is 17.0. The maximum absolute atomic E-state index is 14.6. The van der Waals surface area contributed by atoms with Crippen LogP contribution in [0.4, 0.5) is 0 Å². The van der Waals surface area contributed by atoms with Gasteiger partial charge in [-0.15, -0.1) is 0 Å². The van der Waals surface area contributed by atoms with Gasteiger partial charge in [-0.1, -0.05) is 57.9 Å². The van der Waals surface area contributed by atoms with E-state index in [9.17, 15) is 55.5 Å². The van der Waals surface area contributed by atoms with Gasteiger partial charge < -0.3 is 93.3 Å². The van der Waals surface area contributed by atoms with E-state index in [1.807, 2.05) is 6.92 Å². The minimum absolute atomic E-state index is 0.0620. The first kappa shape index (κ1) is 59.4. The lowest BCUT2D eigenvalue weighted by Gasteiger charge is -2.64. The molecular weight excluding hydrogens is 1010 g/mol. The highest BCUT2D eigenvalue weighted by atomic mass is 16.7. The molecule has 77 heavy (non-hydrogen) atoms. The Hall–Kier alpha value is -2.26. The van der Waals surface area contributed by atoms with E-state index >= 15 is 0 Å². The van der Waals surface area contributed by atoms with Crippen LogP contribution in [0.15, 0.2) is 23.3 Å². The zero-order valence-corrected chi connectivity index (χ0v) is 46.3. The molecule has 21 nitrogen and oxygen atoms in total. The molecule has 438 valence electrons. The summed E-state index contributed by atoms with van der Waals surface area (Å²) < 4.78 is 60.5. The summed E-state index contributed by atoms with van der Waals surface area (Å²) in [5, 5.41) is 99.1. The molecular formula is C56H88O21. The van der Waals surface area contributed by atoms with Gasteiger partial charge >= 0.3 is 11.9 Å². The molecule has 4 heterocycles. The smallest absolute Gasteiger partial charge is 0.314 e. The van der Waals surface area contributed by atoms with Gasteiger partial charge in [-0.25, -0.2) is 0 Å². The number of carbonyl (C=O) groups is 2. The van der Waals surface area contributed by atoms with Crippen molar-refractivity contribution in [2.75, 3.05) is 26.9 Å². The Morgan fingerprint density at radius 1 is 0.753 bits per heavy atom. The van der Waals surface area contributed by atoms with Crippen LogP contribution >= 0.6 is 0 Å². The number of aliphatic hydroxyl groups excluding tert-OH is 9. The Balaban J connectivity index is 0.876. The van der Waals surface area contributed by atoms with Gasteiger partial charge in [-0.3, -0.25) is 9.59 Å². The second kappa shape index (κ2) is 22.1. The highest BCUT2D eigenvalue weighted by Gasteiger charge is 2.79. The molecule has 0 amide bonds. The van der Waals surface area contributed by atoms with E-state index < -0.39 is 158 Å². The Bertz CT molecular complexity index is 2190. The van der Waals surface area contributed by atoms with Crippen LogP contribution in [0.2, 0.25) is 0 Å². The molecule has 1 spiro atoms. The number of rotatable bonds is 14. The molecule has 0 radical (unpaired) electrons. The minimum Gasteiger partial charge on any atom is -0.462 e. The first-order valence-electron chi connectivity index (χ1n) is 28.0. The van der Waals surface area contributed by atoms with Crippen LogP contribution in [0, 0.1) is 45.3 Å². The lowest BCUT2D eigenvalue weighted by molar-refractivity contribution is -0.359. The first-order valence-corrected chi connectivity index (χ1v) is 28.0. The molecule has 9 aliphatic rings. The highest BCUT2D eigenvalue weighted by molar-refractivity contribution is 5.84. The summed E-state index contributed by atoms with van der Waals surface area (Å²) in [6.07, 6.45) is -14.9. The minimum atomic E-state index is -1.73. The van der Waals surface area contributed by atoms with Crippen molar-refractivity contribution in [3.8, 4) is 0 Å². The largest absolute Gasteiger partial charge is 0.462 e. The fraction of sp³-hybridized carbons (Fsp3) is 0.893. The Kier molecular flexibility index (Phi) is 17.1. The van der Waals surface area contributed by atoms with Crippen molar-refractivity contribution >= 4 is 11.9 Å². The van der Waals surface area contributed by atoms with Crippen molar-refractivity contribution in [1.29, 1.82) is 0 Å². The van der Waals surface area contributed by atoms with Crippen molar-refractivity contribution < 1.29 is 103 Å². The van der Waals surface area contributed by atoms with Gasteiger partial charge in [0.25, 0.3) is 0 Å². The lowest BCUT2D eigenvalue weighted by Crippen LogP contribution is -2.64. The van der Waals surface area contributed by atoms with Crippen LogP contribution in [0.25, 0.3) is 0 Å². The molecule has 27 atom stereocenters. The average Bonchev–Trinajstić information content (AvgIpc) is 3.95. The summed E-state index contributed by atoms with van der Waals surface area (Å²) in [7, 11) is 1.24. The number of ether oxygens (including phenoxy) is 10. The normalized spacial score (nSPS) is 51.3. The molecule has 0 bridgehead atoms. The quantitative estimate of drug-likeness (QED) is 0.0879. The lowest BCUT2D eigenvalue weighted by atomic mass is 9.41. The zero-order chi connectivity index (χ0) is 56.1.